The van der Waals surface area contributed by atoms with Crippen molar-refractivity contribution in [3.63, 3.8) is 0 Å². The Morgan fingerprint density at radius 3 is 2.60 bits per heavy atom. The largest absolute Gasteiger partial charge is 0.493 e. The first-order chi connectivity index (χ1) is 14.5. The van der Waals surface area contributed by atoms with E-state index in [1.54, 1.807) is 12.1 Å². The van der Waals surface area contributed by atoms with Crippen molar-refractivity contribution in [1.29, 1.82) is 0 Å². The van der Waals surface area contributed by atoms with E-state index in [0.29, 0.717) is 35.1 Å². The Kier molecular flexibility index (Phi) is 7.70. The molecule has 0 unspecified atom stereocenters. The number of amides is 1. The molecule has 3 rings (SSSR count). The van der Waals surface area contributed by atoms with Crippen molar-refractivity contribution in [3.05, 3.63) is 47.6 Å². The Morgan fingerprint density at radius 2 is 1.97 bits per heavy atom. The summed E-state index contributed by atoms with van der Waals surface area (Å²) in [5.41, 5.74) is 0.947. The Labute approximate surface area is 185 Å². The van der Waals surface area contributed by atoms with Gasteiger partial charge in [-0.05, 0) is 49.2 Å². The summed E-state index contributed by atoms with van der Waals surface area (Å²) in [6.07, 6.45) is 1.49. The van der Waals surface area contributed by atoms with Crippen LogP contribution in [0, 0.1) is 5.92 Å². The number of halogens is 1. The van der Waals surface area contributed by atoms with Crippen LogP contribution < -0.4 is 10.1 Å². The minimum absolute atomic E-state index is 0.173. The minimum Gasteiger partial charge on any atom is -0.493 e. The van der Waals surface area contributed by atoms with Gasteiger partial charge in [0.15, 0.2) is 11.0 Å². The summed E-state index contributed by atoms with van der Waals surface area (Å²) in [6, 6.07) is 11.2. The number of ether oxygens (including phenoxy) is 1. The molecule has 30 heavy (non-hydrogen) atoms. The van der Waals surface area contributed by atoms with Gasteiger partial charge in [0.1, 0.15) is 11.6 Å². The second-order valence-corrected chi connectivity index (χ2v) is 8.36. The highest BCUT2D eigenvalue weighted by Gasteiger charge is 2.15. The molecule has 0 saturated heterocycles. The van der Waals surface area contributed by atoms with Gasteiger partial charge in [0.25, 0.3) is 0 Å². The van der Waals surface area contributed by atoms with Gasteiger partial charge in [0, 0.05) is 18.3 Å². The maximum absolute atomic E-state index is 12.2. The molecule has 3 aromatic rings. The average Bonchev–Trinajstić information content (AvgIpc) is 3.15. The van der Waals surface area contributed by atoms with Gasteiger partial charge in [-0.3, -0.25) is 4.79 Å². The number of rotatable bonds is 9. The number of nitrogens with zero attached hydrogens (tertiary/aromatic N) is 4. The minimum atomic E-state index is -0.173. The second-order valence-electron chi connectivity index (χ2n) is 6.98. The van der Waals surface area contributed by atoms with Crippen molar-refractivity contribution in [2.45, 2.75) is 32.5 Å². The number of carbonyl (C=O) groups is 1. The molecule has 9 heteroatoms. The van der Waals surface area contributed by atoms with Gasteiger partial charge in [-0.15, -0.1) is 10.2 Å². The number of nitrogens with one attached hydrogen (secondary N) is 1. The molecule has 0 spiro atoms. The topological polar surface area (TPSA) is 81.9 Å². The van der Waals surface area contributed by atoms with Crippen molar-refractivity contribution in [2.75, 3.05) is 17.7 Å². The lowest BCUT2D eigenvalue weighted by Gasteiger charge is -2.10. The van der Waals surface area contributed by atoms with Crippen LogP contribution in [0.5, 0.6) is 5.75 Å². The maximum Gasteiger partial charge on any atom is 0.236 e. The van der Waals surface area contributed by atoms with Gasteiger partial charge < -0.3 is 14.6 Å². The van der Waals surface area contributed by atoms with Gasteiger partial charge >= 0.3 is 0 Å². The maximum atomic E-state index is 12.2. The van der Waals surface area contributed by atoms with Crippen LogP contribution in [0.1, 0.15) is 20.8 Å². The standard InChI is InChI=1S/C21H24ClN5O2S/c1-4-27-20(15-5-8-17(9-6-15)29-12-14(2)3)25-26-21(27)30-13-19(28)24-18-10-7-16(22)11-23-18/h5-11,14H,4,12-13H2,1-3H3,(H,23,24,28). The molecule has 0 saturated carbocycles. The lowest BCUT2D eigenvalue weighted by atomic mass is 10.2. The molecule has 2 heterocycles. The first-order valence-electron chi connectivity index (χ1n) is 9.67. The van der Waals surface area contributed by atoms with E-state index < -0.39 is 0 Å². The number of carbonyl (C=O) groups excluding carboxylic acids is 1. The summed E-state index contributed by atoms with van der Waals surface area (Å²) in [5, 5.41) is 12.5. The Balaban J connectivity index is 1.63. The fourth-order valence-corrected chi connectivity index (χ4v) is 3.53. The van der Waals surface area contributed by atoms with Gasteiger partial charge in [-0.25, -0.2) is 4.98 Å². The van der Waals surface area contributed by atoms with Gasteiger partial charge in [0.05, 0.1) is 17.4 Å². The van der Waals surface area contributed by atoms with Gasteiger partial charge in [-0.1, -0.05) is 37.2 Å². The van der Waals surface area contributed by atoms with Gasteiger partial charge in [-0.2, -0.15) is 0 Å². The molecule has 0 fully saturated rings. The third-order valence-corrected chi connectivity index (χ3v) is 5.25. The number of anilines is 1. The highest BCUT2D eigenvalue weighted by atomic mass is 35.5. The average molecular weight is 446 g/mol. The molecular formula is C21H24ClN5O2S. The number of hydrogen-bond donors (Lipinski definition) is 1. The molecule has 7 nitrogen and oxygen atoms in total. The molecule has 158 valence electrons. The van der Waals surface area contributed by atoms with E-state index in [2.05, 4.69) is 34.3 Å². The quantitative estimate of drug-likeness (QED) is 0.477. The molecule has 0 radical (unpaired) electrons. The smallest absolute Gasteiger partial charge is 0.236 e. The van der Waals surface area contributed by atoms with Crippen LogP contribution in [0.4, 0.5) is 5.82 Å². The number of aromatic nitrogens is 4. The summed E-state index contributed by atoms with van der Waals surface area (Å²) in [7, 11) is 0. The predicted molar refractivity (Wildman–Crippen MR) is 120 cm³/mol. The van der Waals surface area contributed by atoms with Crippen LogP contribution >= 0.6 is 23.4 Å². The van der Waals surface area contributed by atoms with E-state index in [9.17, 15) is 4.79 Å². The summed E-state index contributed by atoms with van der Waals surface area (Å²) in [5.74, 6) is 2.55. The fourth-order valence-electron chi connectivity index (χ4n) is 2.62. The Hall–Kier alpha value is -2.58. The van der Waals surface area contributed by atoms with Crippen molar-refractivity contribution in [1.82, 2.24) is 19.7 Å². The zero-order valence-electron chi connectivity index (χ0n) is 17.1. The van der Waals surface area contributed by atoms with E-state index in [4.69, 9.17) is 16.3 Å². The normalized spacial score (nSPS) is 11.0. The summed E-state index contributed by atoms with van der Waals surface area (Å²) >= 11 is 7.14. The van der Waals surface area contributed by atoms with Crippen LogP contribution in [0.3, 0.4) is 0 Å². The van der Waals surface area contributed by atoms with E-state index >= 15 is 0 Å². The molecule has 0 atom stereocenters. The van der Waals surface area contributed by atoms with Crippen LogP contribution in [0.25, 0.3) is 11.4 Å². The first-order valence-corrected chi connectivity index (χ1v) is 11.0. The summed E-state index contributed by atoms with van der Waals surface area (Å²) in [6.45, 7) is 7.62. The van der Waals surface area contributed by atoms with Crippen molar-refractivity contribution < 1.29 is 9.53 Å². The lowest BCUT2D eigenvalue weighted by Crippen LogP contribution is -2.15. The van der Waals surface area contributed by atoms with Crippen LogP contribution in [0.2, 0.25) is 5.02 Å². The van der Waals surface area contributed by atoms with Gasteiger partial charge in [0.2, 0.25) is 5.91 Å². The molecular weight excluding hydrogens is 422 g/mol. The molecule has 1 amide bonds. The molecule has 0 aliphatic carbocycles. The number of pyridine rings is 1. The highest BCUT2D eigenvalue weighted by Crippen LogP contribution is 2.26. The lowest BCUT2D eigenvalue weighted by molar-refractivity contribution is -0.113. The molecule has 0 aliphatic rings. The fraction of sp³-hybridized carbons (Fsp3) is 0.333. The van der Waals surface area contributed by atoms with Crippen LogP contribution in [-0.4, -0.2) is 38.0 Å². The number of benzene rings is 1. The zero-order valence-corrected chi connectivity index (χ0v) is 18.7. The third kappa shape index (κ3) is 5.96. The zero-order chi connectivity index (χ0) is 21.5. The Bertz CT molecular complexity index is 974. The highest BCUT2D eigenvalue weighted by molar-refractivity contribution is 7.99. The van der Waals surface area contributed by atoms with Crippen LogP contribution in [0.15, 0.2) is 47.8 Å². The SMILES string of the molecule is CCn1c(SCC(=O)Nc2ccc(Cl)cn2)nnc1-c1ccc(OCC(C)C)cc1. The van der Waals surface area contributed by atoms with Crippen LogP contribution in [-0.2, 0) is 11.3 Å². The summed E-state index contributed by atoms with van der Waals surface area (Å²) < 4.78 is 7.73. The molecule has 1 aromatic carbocycles. The summed E-state index contributed by atoms with van der Waals surface area (Å²) in [4.78, 5) is 16.3. The number of thioether (sulfide) groups is 1. The van der Waals surface area contributed by atoms with E-state index in [1.165, 1.54) is 18.0 Å². The van der Waals surface area contributed by atoms with Crippen molar-refractivity contribution >= 4 is 35.1 Å². The number of hydrogen-bond acceptors (Lipinski definition) is 6. The predicted octanol–water partition coefficient (Wildman–Crippen LogP) is 4.78. The molecule has 1 N–H and O–H groups in total. The second kappa shape index (κ2) is 10.4. The molecule has 0 aliphatic heterocycles. The van der Waals surface area contributed by atoms with E-state index in [-0.39, 0.29) is 11.7 Å². The van der Waals surface area contributed by atoms with E-state index in [1.807, 2.05) is 35.8 Å². The van der Waals surface area contributed by atoms with Crippen molar-refractivity contribution in [3.8, 4) is 17.1 Å². The molecule has 0 bridgehead atoms. The van der Waals surface area contributed by atoms with Crippen molar-refractivity contribution in [2.24, 2.45) is 5.92 Å². The van der Waals surface area contributed by atoms with E-state index in [0.717, 1.165) is 17.1 Å². The first kappa shape index (κ1) is 22.1. The Morgan fingerprint density at radius 1 is 1.20 bits per heavy atom. The third-order valence-electron chi connectivity index (χ3n) is 4.06. The molecule has 2 aromatic heterocycles. The monoisotopic (exact) mass is 445 g/mol.